The van der Waals surface area contributed by atoms with Crippen LogP contribution in [0.1, 0.15) is 37.7 Å². The summed E-state index contributed by atoms with van der Waals surface area (Å²) in [5.74, 6) is -0.0467. The highest BCUT2D eigenvalue weighted by atomic mass is 32.2. The maximum atomic E-state index is 12.8. The predicted molar refractivity (Wildman–Crippen MR) is 104 cm³/mol. The molecule has 2 saturated heterocycles. The molecule has 3 fully saturated rings. The minimum Gasteiger partial charge on any atom is -0.315 e. The van der Waals surface area contributed by atoms with E-state index in [1.807, 2.05) is 30.3 Å². The second-order valence-corrected chi connectivity index (χ2v) is 10.3. The van der Waals surface area contributed by atoms with Crippen LogP contribution in [-0.4, -0.2) is 62.3 Å². The summed E-state index contributed by atoms with van der Waals surface area (Å²) < 4.78 is 26.9. The van der Waals surface area contributed by atoms with Crippen LogP contribution in [0.4, 0.5) is 0 Å². The van der Waals surface area contributed by atoms with E-state index in [0.717, 1.165) is 36.1 Å². The lowest BCUT2D eigenvalue weighted by molar-refractivity contribution is -0.910. The van der Waals surface area contributed by atoms with Crippen molar-refractivity contribution < 1.29 is 22.9 Å². The molecular formula is C20H28N3O4S+. The standard InChI is InChI=1S/C20H27N3O4S/c24-18-14-20(8-4-5-9-20)19(25)23(18)16-21-10-12-22(13-11-21)28(26,27)15-17-6-2-1-3-7-17/h1-3,6-7H,4-5,8-16H2/p+1. The van der Waals surface area contributed by atoms with Gasteiger partial charge in [0.1, 0.15) is 0 Å². The zero-order valence-electron chi connectivity index (χ0n) is 16.1. The van der Waals surface area contributed by atoms with Crippen LogP contribution in [-0.2, 0) is 25.4 Å². The van der Waals surface area contributed by atoms with Gasteiger partial charge in [-0.1, -0.05) is 43.2 Å². The lowest BCUT2D eigenvalue weighted by Gasteiger charge is -2.33. The number of carbonyl (C=O) groups excluding carboxylic acids is 2. The first kappa shape index (κ1) is 19.5. The van der Waals surface area contributed by atoms with Crippen molar-refractivity contribution in [3.63, 3.8) is 0 Å². The SMILES string of the molecule is O=C1CC2(CCCC2)C(=O)N1C[NH+]1CCN(S(=O)(=O)Cc2ccccc2)CC1. The minimum atomic E-state index is -3.35. The number of rotatable bonds is 5. The number of quaternary nitrogens is 1. The van der Waals surface area contributed by atoms with Gasteiger partial charge in [-0.05, 0) is 18.4 Å². The number of benzene rings is 1. The molecule has 2 heterocycles. The van der Waals surface area contributed by atoms with Crippen molar-refractivity contribution in [3.05, 3.63) is 35.9 Å². The molecule has 7 nitrogen and oxygen atoms in total. The summed E-state index contributed by atoms with van der Waals surface area (Å²) in [4.78, 5) is 27.8. The van der Waals surface area contributed by atoms with Crippen molar-refractivity contribution in [2.24, 2.45) is 5.41 Å². The first-order valence-corrected chi connectivity index (χ1v) is 11.7. The Morgan fingerprint density at radius 3 is 2.29 bits per heavy atom. The lowest BCUT2D eigenvalue weighted by Crippen LogP contribution is -3.16. The molecule has 8 heteroatoms. The van der Waals surface area contributed by atoms with Crippen molar-refractivity contribution >= 4 is 21.8 Å². The molecule has 0 bridgehead atoms. The van der Waals surface area contributed by atoms with E-state index in [0.29, 0.717) is 39.3 Å². The molecule has 0 radical (unpaired) electrons. The highest BCUT2D eigenvalue weighted by molar-refractivity contribution is 7.88. The van der Waals surface area contributed by atoms with Gasteiger partial charge in [-0.3, -0.25) is 9.59 Å². The summed E-state index contributed by atoms with van der Waals surface area (Å²) in [6.45, 7) is 2.43. The number of hydrogen-bond donors (Lipinski definition) is 1. The second kappa shape index (κ2) is 7.57. The van der Waals surface area contributed by atoms with E-state index in [1.54, 1.807) is 0 Å². The summed E-state index contributed by atoms with van der Waals surface area (Å²) in [5.41, 5.74) is 0.351. The average Bonchev–Trinajstić information content (AvgIpc) is 3.23. The molecule has 0 unspecified atom stereocenters. The number of imide groups is 1. The smallest absolute Gasteiger partial charge is 0.240 e. The van der Waals surface area contributed by atoms with Crippen molar-refractivity contribution in [2.75, 3.05) is 32.8 Å². The Balaban J connectivity index is 1.33. The van der Waals surface area contributed by atoms with Gasteiger partial charge in [-0.15, -0.1) is 0 Å². The van der Waals surface area contributed by atoms with Gasteiger partial charge >= 0.3 is 0 Å². The second-order valence-electron chi connectivity index (χ2n) is 8.34. The van der Waals surface area contributed by atoms with Gasteiger partial charge in [0.2, 0.25) is 21.8 Å². The molecule has 152 valence electrons. The average molecular weight is 407 g/mol. The molecule has 1 spiro atoms. The van der Waals surface area contributed by atoms with Crippen molar-refractivity contribution in [1.29, 1.82) is 0 Å². The Bertz CT molecular complexity index is 841. The molecule has 1 saturated carbocycles. The van der Waals surface area contributed by atoms with Crippen LogP contribution in [0.25, 0.3) is 0 Å². The molecule has 1 N–H and O–H groups in total. The molecule has 2 aliphatic heterocycles. The number of nitrogens with zero attached hydrogens (tertiary/aromatic N) is 2. The van der Waals surface area contributed by atoms with Crippen LogP contribution in [0.5, 0.6) is 0 Å². The minimum absolute atomic E-state index is 0.00151. The fourth-order valence-corrected chi connectivity index (χ4v) is 6.34. The molecule has 4 rings (SSSR count). The quantitative estimate of drug-likeness (QED) is 0.698. The largest absolute Gasteiger partial charge is 0.315 e. The zero-order valence-corrected chi connectivity index (χ0v) is 16.9. The zero-order chi connectivity index (χ0) is 19.8. The number of sulfonamides is 1. The summed E-state index contributed by atoms with van der Waals surface area (Å²) in [5, 5.41) is 0. The first-order chi connectivity index (χ1) is 13.4. The maximum absolute atomic E-state index is 12.8. The predicted octanol–water partition coefficient (Wildman–Crippen LogP) is -0.00630. The van der Waals surface area contributed by atoms with Gasteiger partial charge in [0, 0.05) is 6.42 Å². The Kier molecular flexibility index (Phi) is 5.28. The normalized spacial score (nSPS) is 23.8. The number of nitrogens with one attached hydrogen (secondary N) is 1. The molecule has 1 aromatic rings. The summed E-state index contributed by atoms with van der Waals surface area (Å²) >= 11 is 0. The van der Waals surface area contributed by atoms with Crippen molar-refractivity contribution in [2.45, 2.75) is 37.9 Å². The molecule has 0 aromatic heterocycles. The van der Waals surface area contributed by atoms with Gasteiger partial charge < -0.3 is 4.90 Å². The van der Waals surface area contributed by atoms with E-state index < -0.39 is 15.4 Å². The molecule has 0 atom stereocenters. The molecule has 3 aliphatic rings. The highest BCUT2D eigenvalue weighted by Crippen LogP contribution is 2.46. The Labute approximate surface area is 166 Å². The number of likely N-dealkylation sites (tertiary alicyclic amines) is 1. The van der Waals surface area contributed by atoms with E-state index >= 15 is 0 Å². The van der Waals surface area contributed by atoms with Gasteiger partial charge in [0.15, 0.2) is 6.67 Å². The summed E-state index contributed by atoms with van der Waals surface area (Å²) in [7, 11) is -3.35. The third kappa shape index (κ3) is 3.73. The van der Waals surface area contributed by atoms with Crippen LogP contribution in [0, 0.1) is 5.41 Å². The summed E-state index contributed by atoms with van der Waals surface area (Å²) in [6.07, 6.45) is 4.07. The lowest BCUT2D eigenvalue weighted by atomic mass is 9.85. The Hall–Kier alpha value is -1.77. The number of hydrogen-bond acceptors (Lipinski definition) is 4. The topological polar surface area (TPSA) is 79.2 Å². The fourth-order valence-electron chi connectivity index (χ4n) is 4.80. The van der Waals surface area contributed by atoms with E-state index in [4.69, 9.17) is 0 Å². The van der Waals surface area contributed by atoms with E-state index in [-0.39, 0.29) is 17.6 Å². The maximum Gasteiger partial charge on any atom is 0.240 e. The van der Waals surface area contributed by atoms with Crippen LogP contribution in [0.2, 0.25) is 0 Å². The third-order valence-corrected chi connectivity index (χ3v) is 8.30. The van der Waals surface area contributed by atoms with E-state index in [2.05, 4.69) is 0 Å². The molecular weight excluding hydrogens is 378 g/mol. The van der Waals surface area contributed by atoms with Gasteiger partial charge in [-0.25, -0.2) is 13.3 Å². The first-order valence-electron chi connectivity index (χ1n) is 10.1. The monoisotopic (exact) mass is 406 g/mol. The van der Waals surface area contributed by atoms with Crippen LogP contribution in [0.15, 0.2) is 30.3 Å². The number of amides is 2. The Morgan fingerprint density at radius 2 is 1.64 bits per heavy atom. The van der Waals surface area contributed by atoms with E-state index in [9.17, 15) is 18.0 Å². The highest BCUT2D eigenvalue weighted by Gasteiger charge is 2.53. The van der Waals surface area contributed by atoms with Crippen LogP contribution in [0.3, 0.4) is 0 Å². The molecule has 1 aliphatic carbocycles. The third-order valence-electron chi connectivity index (χ3n) is 6.45. The van der Waals surface area contributed by atoms with Crippen molar-refractivity contribution in [1.82, 2.24) is 9.21 Å². The molecule has 2 amide bonds. The fraction of sp³-hybridized carbons (Fsp3) is 0.600. The van der Waals surface area contributed by atoms with E-state index in [1.165, 1.54) is 9.21 Å². The molecule has 28 heavy (non-hydrogen) atoms. The van der Waals surface area contributed by atoms with Gasteiger partial charge in [-0.2, -0.15) is 4.31 Å². The number of piperazine rings is 1. The summed E-state index contributed by atoms with van der Waals surface area (Å²) in [6, 6.07) is 9.20. The van der Waals surface area contributed by atoms with Crippen molar-refractivity contribution in [3.8, 4) is 0 Å². The van der Waals surface area contributed by atoms with Gasteiger partial charge in [0.25, 0.3) is 0 Å². The van der Waals surface area contributed by atoms with Gasteiger partial charge in [0.05, 0.1) is 37.3 Å². The van der Waals surface area contributed by atoms with Crippen LogP contribution >= 0.6 is 0 Å². The van der Waals surface area contributed by atoms with Crippen LogP contribution < -0.4 is 4.90 Å². The number of carbonyl (C=O) groups is 2. The molecule has 1 aromatic carbocycles. The Morgan fingerprint density at radius 1 is 1.00 bits per heavy atom.